The molecule has 1 N–H and O–H groups in total. The molecule has 2 aliphatic rings. The van der Waals surface area contributed by atoms with Crippen LogP contribution in [0.15, 0.2) is 65.6 Å². The summed E-state index contributed by atoms with van der Waals surface area (Å²) in [4.78, 5) is 27.6. The highest BCUT2D eigenvalue weighted by atomic mass is 19.1. The molecule has 2 unspecified atom stereocenters. The third kappa shape index (κ3) is 4.25. The van der Waals surface area contributed by atoms with E-state index >= 15 is 0 Å². The summed E-state index contributed by atoms with van der Waals surface area (Å²) in [5.74, 6) is -1.36. The second-order valence-electron chi connectivity index (χ2n) is 9.62. The summed E-state index contributed by atoms with van der Waals surface area (Å²) in [5, 5.41) is 12.6. The summed E-state index contributed by atoms with van der Waals surface area (Å²) in [6.07, 6.45) is 5.89. The van der Waals surface area contributed by atoms with Crippen molar-refractivity contribution in [2.75, 3.05) is 11.6 Å². The molecule has 2 aromatic carbocycles. The second kappa shape index (κ2) is 9.76. The van der Waals surface area contributed by atoms with E-state index in [4.69, 9.17) is 0 Å². The van der Waals surface area contributed by atoms with E-state index in [-0.39, 0.29) is 23.5 Å². The smallest absolute Gasteiger partial charge is 0.278 e. The van der Waals surface area contributed by atoms with Gasteiger partial charge in [0.1, 0.15) is 17.8 Å². The highest BCUT2D eigenvalue weighted by Crippen LogP contribution is 2.40. The van der Waals surface area contributed by atoms with Crippen molar-refractivity contribution in [1.29, 1.82) is 0 Å². The minimum atomic E-state index is -0.633. The van der Waals surface area contributed by atoms with Gasteiger partial charge in [-0.15, -0.1) is 0 Å². The lowest BCUT2D eigenvalue weighted by Gasteiger charge is -2.53. The van der Waals surface area contributed by atoms with Crippen molar-refractivity contribution in [3.63, 3.8) is 0 Å². The molecule has 188 valence electrons. The number of pyridine rings is 1. The lowest BCUT2D eigenvalue weighted by Crippen LogP contribution is -2.64. The van der Waals surface area contributed by atoms with Crippen molar-refractivity contribution in [2.45, 2.75) is 51.2 Å². The molecule has 0 bridgehead atoms. The molecule has 1 aromatic heterocycles. The van der Waals surface area contributed by atoms with Crippen LogP contribution in [-0.4, -0.2) is 33.3 Å². The topological polar surface area (TPSA) is 65.8 Å². The molecule has 0 spiro atoms. The summed E-state index contributed by atoms with van der Waals surface area (Å²) >= 11 is 0. The molecule has 0 aliphatic carbocycles. The molecular formula is C28H29F2N3O3. The number of carbonyl (C=O) groups excluding carboxylic acids is 1. The first-order valence-corrected chi connectivity index (χ1v) is 12.4. The summed E-state index contributed by atoms with van der Waals surface area (Å²) in [6, 6.07) is 12.8. The number of aromatic nitrogens is 1. The van der Waals surface area contributed by atoms with Gasteiger partial charge in [-0.25, -0.2) is 8.78 Å². The van der Waals surface area contributed by atoms with Gasteiger partial charge in [-0.2, -0.15) is 0 Å². The van der Waals surface area contributed by atoms with E-state index in [2.05, 4.69) is 6.92 Å². The largest absolute Gasteiger partial charge is 0.502 e. The number of rotatable bonds is 6. The maximum atomic E-state index is 13.9. The quantitative estimate of drug-likeness (QED) is 0.528. The highest BCUT2D eigenvalue weighted by Gasteiger charge is 2.45. The van der Waals surface area contributed by atoms with E-state index in [1.807, 2.05) is 5.01 Å². The zero-order chi connectivity index (χ0) is 25.4. The van der Waals surface area contributed by atoms with Gasteiger partial charge >= 0.3 is 0 Å². The SMILES string of the molecule is CCCCC1CCN2C(=O)c3c(O)c(=O)ccn3N(C(c3ccc(F)cc3)c3ccc(F)cc3)C2C1. The van der Waals surface area contributed by atoms with Gasteiger partial charge in [0.2, 0.25) is 5.43 Å². The number of fused-ring (bicyclic) bond motifs is 2. The predicted octanol–water partition coefficient (Wildman–Crippen LogP) is 4.94. The molecule has 1 saturated heterocycles. The van der Waals surface area contributed by atoms with Gasteiger partial charge in [0.05, 0.1) is 6.04 Å². The molecule has 1 amide bonds. The fraction of sp³-hybridized carbons (Fsp3) is 0.357. The van der Waals surface area contributed by atoms with Gasteiger partial charge in [0, 0.05) is 18.8 Å². The molecule has 2 atom stereocenters. The molecule has 3 aromatic rings. The van der Waals surface area contributed by atoms with Crippen LogP contribution in [0.4, 0.5) is 8.78 Å². The monoisotopic (exact) mass is 493 g/mol. The number of aromatic hydroxyl groups is 1. The maximum absolute atomic E-state index is 13.9. The van der Waals surface area contributed by atoms with Crippen LogP contribution in [0, 0.1) is 17.6 Å². The number of benzene rings is 2. The summed E-state index contributed by atoms with van der Waals surface area (Å²) in [6.45, 7) is 2.65. The zero-order valence-corrected chi connectivity index (χ0v) is 20.1. The maximum Gasteiger partial charge on any atom is 0.278 e. The van der Waals surface area contributed by atoms with Crippen LogP contribution in [0.3, 0.4) is 0 Å². The van der Waals surface area contributed by atoms with E-state index in [9.17, 15) is 23.5 Å². The van der Waals surface area contributed by atoms with E-state index in [0.29, 0.717) is 18.9 Å². The van der Waals surface area contributed by atoms with Crippen LogP contribution in [0.2, 0.25) is 0 Å². The minimum absolute atomic E-state index is 0.0972. The standard InChI is InChI=1S/C28H29F2N3O3/c1-2-3-4-18-13-15-31-24(17-18)33(32-16-14-23(34)27(35)26(32)28(31)36)25(19-5-9-21(29)10-6-19)20-7-11-22(30)12-8-20/h5-12,14,16,18,24-25,35H,2-4,13,15,17H2,1H3. The van der Waals surface area contributed by atoms with Gasteiger partial charge in [-0.1, -0.05) is 50.5 Å². The van der Waals surface area contributed by atoms with Crippen molar-refractivity contribution in [1.82, 2.24) is 9.58 Å². The van der Waals surface area contributed by atoms with Crippen LogP contribution < -0.4 is 10.4 Å². The van der Waals surface area contributed by atoms with Crippen molar-refractivity contribution < 1.29 is 18.7 Å². The Morgan fingerprint density at radius 2 is 1.58 bits per heavy atom. The van der Waals surface area contributed by atoms with Crippen LogP contribution in [0.5, 0.6) is 5.75 Å². The average molecular weight is 494 g/mol. The van der Waals surface area contributed by atoms with Gasteiger partial charge in [0.25, 0.3) is 5.91 Å². The lowest BCUT2D eigenvalue weighted by molar-refractivity contribution is 0.0368. The first-order chi connectivity index (χ1) is 17.4. The van der Waals surface area contributed by atoms with E-state index < -0.39 is 23.1 Å². The van der Waals surface area contributed by atoms with Crippen LogP contribution in [-0.2, 0) is 0 Å². The fourth-order valence-corrected chi connectivity index (χ4v) is 5.53. The van der Waals surface area contributed by atoms with Crippen LogP contribution in [0.25, 0.3) is 0 Å². The molecule has 0 saturated carbocycles. The number of unbranched alkanes of at least 4 members (excludes halogenated alkanes) is 1. The number of hydrogen-bond donors (Lipinski definition) is 1. The first kappa shape index (κ1) is 24.0. The Bertz CT molecular complexity index is 1260. The van der Waals surface area contributed by atoms with E-state index in [1.165, 1.54) is 36.5 Å². The molecule has 36 heavy (non-hydrogen) atoms. The Morgan fingerprint density at radius 1 is 0.972 bits per heavy atom. The number of nitrogens with zero attached hydrogens (tertiary/aromatic N) is 3. The summed E-state index contributed by atoms with van der Waals surface area (Å²) < 4.78 is 29.3. The van der Waals surface area contributed by atoms with Crippen molar-refractivity contribution in [3.05, 3.63) is 99.5 Å². The highest BCUT2D eigenvalue weighted by molar-refractivity contribution is 5.96. The molecule has 5 rings (SSSR count). The van der Waals surface area contributed by atoms with E-state index in [0.717, 1.165) is 36.8 Å². The van der Waals surface area contributed by atoms with Crippen LogP contribution >= 0.6 is 0 Å². The number of hydrogen-bond acceptors (Lipinski definition) is 4. The molecule has 6 nitrogen and oxygen atoms in total. The molecule has 8 heteroatoms. The van der Waals surface area contributed by atoms with Gasteiger partial charge in [-0.05, 0) is 54.2 Å². The summed E-state index contributed by atoms with van der Waals surface area (Å²) in [5.41, 5.74) is 0.736. The average Bonchev–Trinajstić information content (AvgIpc) is 2.88. The number of piperidine rings is 1. The lowest BCUT2D eigenvalue weighted by atomic mass is 9.87. The molecule has 2 aliphatic heterocycles. The van der Waals surface area contributed by atoms with Crippen LogP contribution in [0.1, 0.15) is 66.7 Å². The number of amides is 1. The Labute approximate surface area is 208 Å². The minimum Gasteiger partial charge on any atom is -0.502 e. The number of halogens is 2. The fourth-order valence-electron chi connectivity index (χ4n) is 5.53. The summed E-state index contributed by atoms with van der Waals surface area (Å²) in [7, 11) is 0. The molecule has 0 radical (unpaired) electrons. The van der Waals surface area contributed by atoms with Crippen molar-refractivity contribution in [3.8, 4) is 5.75 Å². The first-order valence-electron chi connectivity index (χ1n) is 12.4. The molecular weight excluding hydrogens is 464 g/mol. The van der Waals surface area contributed by atoms with Gasteiger partial charge in [-0.3, -0.25) is 19.3 Å². The normalized spacial score (nSPS) is 19.4. The Morgan fingerprint density at radius 3 is 2.17 bits per heavy atom. The van der Waals surface area contributed by atoms with Crippen molar-refractivity contribution >= 4 is 5.91 Å². The van der Waals surface area contributed by atoms with Gasteiger partial charge < -0.3 is 10.0 Å². The van der Waals surface area contributed by atoms with Gasteiger partial charge in [0.15, 0.2) is 11.4 Å². The second-order valence-corrected chi connectivity index (χ2v) is 9.62. The third-order valence-corrected chi connectivity index (χ3v) is 7.36. The molecule has 3 heterocycles. The molecule has 1 fully saturated rings. The number of carbonyl (C=O) groups is 1. The Kier molecular flexibility index (Phi) is 6.51. The third-order valence-electron chi connectivity index (χ3n) is 7.36. The van der Waals surface area contributed by atoms with Crippen molar-refractivity contribution in [2.24, 2.45) is 5.92 Å². The van der Waals surface area contributed by atoms with E-state index in [1.54, 1.807) is 33.8 Å². The Balaban J connectivity index is 1.71. The Hall–Kier alpha value is -3.68. The predicted molar refractivity (Wildman–Crippen MR) is 132 cm³/mol. The zero-order valence-electron chi connectivity index (χ0n) is 20.1.